The first-order valence-corrected chi connectivity index (χ1v) is 7.48. The van der Waals surface area contributed by atoms with Crippen molar-refractivity contribution in [3.8, 4) is 0 Å². The first-order valence-electron chi connectivity index (χ1n) is 7.10. The Kier molecular flexibility index (Phi) is 6.49. The number of benzene rings is 1. The second-order valence-corrected chi connectivity index (χ2v) is 5.24. The van der Waals surface area contributed by atoms with Gasteiger partial charge in [0.1, 0.15) is 0 Å². The summed E-state index contributed by atoms with van der Waals surface area (Å²) < 4.78 is 0. The Bertz CT molecular complexity index is 518. The van der Waals surface area contributed by atoms with Crippen molar-refractivity contribution in [2.45, 2.75) is 33.1 Å². The zero-order valence-electron chi connectivity index (χ0n) is 12.8. The monoisotopic (exact) mass is 310 g/mol. The number of aryl methyl sites for hydroxylation is 1. The van der Waals surface area contributed by atoms with Crippen LogP contribution in [0.4, 0.5) is 10.5 Å². The minimum Gasteiger partial charge on any atom is -0.370 e. The molecule has 0 heterocycles. The summed E-state index contributed by atoms with van der Waals surface area (Å²) >= 11 is 6.24. The van der Waals surface area contributed by atoms with Crippen LogP contribution >= 0.6 is 11.6 Å². The van der Waals surface area contributed by atoms with E-state index in [9.17, 15) is 4.79 Å². The summed E-state index contributed by atoms with van der Waals surface area (Å²) in [5.41, 5.74) is 7.19. The Morgan fingerprint density at radius 1 is 1.38 bits per heavy atom. The van der Waals surface area contributed by atoms with Crippen molar-refractivity contribution in [2.75, 3.05) is 18.5 Å². The van der Waals surface area contributed by atoms with Gasteiger partial charge in [-0.15, -0.1) is 0 Å². The minimum atomic E-state index is -0.334. The van der Waals surface area contributed by atoms with E-state index in [1.54, 1.807) is 13.1 Å². The zero-order chi connectivity index (χ0) is 16.0. The molecule has 116 valence electrons. The van der Waals surface area contributed by atoms with E-state index in [0.717, 1.165) is 24.8 Å². The number of guanidine groups is 1. The summed E-state index contributed by atoms with van der Waals surface area (Å²) in [6.45, 7) is 4.46. The van der Waals surface area contributed by atoms with E-state index >= 15 is 0 Å². The van der Waals surface area contributed by atoms with Crippen molar-refractivity contribution in [3.05, 3.63) is 28.8 Å². The van der Waals surface area contributed by atoms with Crippen molar-refractivity contribution in [2.24, 2.45) is 5.73 Å². The summed E-state index contributed by atoms with van der Waals surface area (Å²) in [5, 5.41) is 8.11. The van der Waals surface area contributed by atoms with Gasteiger partial charge in [-0.05, 0) is 24.5 Å². The molecular weight excluding hydrogens is 288 g/mol. The number of urea groups is 1. The lowest BCUT2D eigenvalue weighted by Gasteiger charge is -2.28. The molecular formula is C15H23ClN4O. The molecule has 0 saturated carbocycles. The van der Waals surface area contributed by atoms with Crippen LogP contribution in [0, 0.1) is 5.41 Å². The largest absolute Gasteiger partial charge is 0.370 e. The van der Waals surface area contributed by atoms with Gasteiger partial charge in [-0.25, -0.2) is 4.79 Å². The number of nitrogens with two attached hydrogens (primary N) is 1. The first kappa shape index (κ1) is 17.3. The number of hydrogen-bond acceptors (Lipinski definition) is 2. The van der Waals surface area contributed by atoms with Gasteiger partial charge in [0.05, 0.1) is 10.7 Å². The highest BCUT2D eigenvalue weighted by Crippen LogP contribution is 2.30. The molecule has 0 radical (unpaired) electrons. The Morgan fingerprint density at radius 3 is 2.57 bits per heavy atom. The number of rotatable bonds is 5. The van der Waals surface area contributed by atoms with E-state index in [1.807, 2.05) is 26.0 Å². The van der Waals surface area contributed by atoms with E-state index in [1.165, 1.54) is 9.80 Å². The van der Waals surface area contributed by atoms with Crippen LogP contribution in [0.1, 0.15) is 32.3 Å². The van der Waals surface area contributed by atoms with Crippen molar-refractivity contribution in [1.82, 2.24) is 4.90 Å². The summed E-state index contributed by atoms with van der Waals surface area (Å²) in [6.07, 6.45) is 2.48. The standard InChI is InChI=1S/C15H23ClN4O/c1-4-6-10-20(14(17)18)15(21)19(3)13-11(5-2)8-7-9-12(13)16/h7-9H,4-6,10H2,1-3H3,(H3,17,18). The summed E-state index contributed by atoms with van der Waals surface area (Å²) in [6, 6.07) is 5.22. The fraction of sp³-hybridized carbons (Fsp3) is 0.467. The molecule has 1 aromatic rings. The zero-order valence-corrected chi connectivity index (χ0v) is 13.6. The summed E-state index contributed by atoms with van der Waals surface area (Å²) in [7, 11) is 1.66. The highest BCUT2D eigenvalue weighted by Gasteiger charge is 2.24. The SMILES string of the molecule is CCCCN(C(=N)N)C(=O)N(C)c1c(Cl)cccc1CC. The molecule has 6 heteroatoms. The minimum absolute atomic E-state index is 0.245. The number of nitrogens with one attached hydrogen (secondary N) is 1. The van der Waals surface area contributed by atoms with Crippen molar-refractivity contribution in [1.29, 1.82) is 5.41 Å². The highest BCUT2D eigenvalue weighted by molar-refractivity contribution is 6.34. The number of unbranched alkanes of at least 4 members (excludes halogenated alkanes) is 1. The Morgan fingerprint density at radius 2 is 2.05 bits per heavy atom. The Labute approximate surface area is 131 Å². The molecule has 3 N–H and O–H groups in total. The molecule has 0 fully saturated rings. The number of carbonyl (C=O) groups excluding carboxylic acids is 1. The van der Waals surface area contributed by atoms with E-state index in [-0.39, 0.29) is 12.0 Å². The fourth-order valence-corrected chi connectivity index (χ4v) is 2.45. The van der Waals surface area contributed by atoms with Gasteiger partial charge < -0.3 is 5.73 Å². The quantitative estimate of drug-likeness (QED) is 0.645. The number of halogens is 1. The van der Waals surface area contributed by atoms with Crippen molar-refractivity contribution >= 4 is 29.3 Å². The van der Waals surface area contributed by atoms with Crippen molar-refractivity contribution < 1.29 is 4.79 Å². The van der Waals surface area contributed by atoms with Gasteiger partial charge in [0.25, 0.3) is 0 Å². The molecule has 0 aliphatic rings. The molecule has 21 heavy (non-hydrogen) atoms. The molecule has 0 aliphatic heterocycles. The number of hydrogen-bond donors (Lipinski definition) is 2. The molecule has 5 nitrogen and oxygen atoms in total. The normalized spacial score (nSPS) is 10.3. The van der Waals surface area contributed by atoms with Gasteiger partial charge in [-0.2, -0.15) is 0 Å². The van der Waals surface area contributed by atoms with Crippen LogP contribution in [-0.4, -0.2) is 30.5 Å². The molecule has 0 bridgehead atoms. The van der Waals surface area contributed by atoms with Gasteiger partial charge in [0.15, 0.2) is 5.96 Å². The topological polar surface area (TPSA) is 73.4 Å². The van der Waals surface area contributed by atoms with Crippen LogP contribution in [-0.2, 0) is 6.42 Å². The Balaban J connectivity index is 3.08. The maximum absolute atomic E-state index is 12.6. The molecule has 0 saturated heterocycles. The summed E-state index contributed by atoms with van der Waals surface area (Å²) in [4.78, 5) is 15.3. The fourth-order valence-electron chi connectivity index (χ4n) is 2.13. The van der Waals surface area contributed by atoms with Crippen LogP contribution in [0.15, 0.2) is 18.2 Å². The van der Waals surface area contributed by atoms with E-state index < -0.39 is 0 Å². The predicted octanol–water partition coefficient (Wildman–Crippen LogP) is 3.45. The van der Waals surface area contributed by atoms with E-state index in [0.29, 0.717) is 17.3 Å². The van der Waals surface area contributed by atoms with Crippen LogP contribution in [0.25, 0.3) is 0 Å². The molecule has 1 rings (SSSR count). The van der Waals surface area contributed by atoms with Crippen LogP contribution < -0.4 is 10.6 Å². The second kappa shape index (κ2) is 7.88. The van der Waals surface area contributed by atoms with Crippen LogP contribution in [0.5, 0.6) is 0 Å². The van der Waals surface area contributed by atoms with Gasteiger partial charge >= 0.3 is 6.03 Å². The predicted molar refractivity (Wildman–Crippen MR) is 88.2 cm³/mol. The van der Waals surface area contributed by atoms with E-state index in [4.69, 9.17) is 22.7 Å². The number of para-hydroxylation sites is 1. The van der Waals surface area contributed by atoms with Crippen molar-refractivity contribution in [3.63, 3.8) is 0 Å². The first-order chi connectivity index (χ1) is 9.93. The number of carbonyl (C=O) groups is 1. The lowest BCUT2D eigenvalue weighted by molar-refractivity contribution is 0.227. The third-order valence-corrected chi connectivity index (χ3v) is 3.64. The maximum Gasteiger partial charge on any atom is 0.331 e. The number of amides is 2. The van der Waals surface area contributed by atoms with Gasteiger partial charge in [0.2, 0.25) is 0 Å². The average Bonchev–Trinajstić information content (AvgIpc) is 2.46. The summed E-state index contributed by atoms with van der Waals surface area (Å²) in [5.74, 6) is -0.245. The maximum atomic E-state index is 12.6. The Hall–Kier alpha value is -1.75. The number of anilines is 1. The van der Waals surface area contributed by atoms with Gasteiger partial charge in [0, 0.05) is 13.6 Å². The molecule has 1 aromatic carbocycles. The average molecular weight is 311 g/mol. The number of nitrogens with zero attached hydrogens (tertiary/aromatic N) is 2. The smallest absolute Gasteiger partial charge is 0.331 e. The van der Waals surface area contributed by atoms with E-state index in [2.05, 4.69) is 0 Å². The molecule has 0 unspecified atom stereocenters. The van der Waals surface area contributed by atoms with Crippen LogP contribution in [0.2, 0.25) is 5.02 Å². The lowest BCUT2D eigenvalue weighted by atomic mass is 10.1. The van der Waals surface area contributed by atoms with Gasteiger partial charge in [-0.3, -0.25) is 15.2 Å². The molecule has 0 atom stereocenters. The molecule has 0 aromatic heterocycles. The molecule has 0 aliphatic carbocycles. The van der Waals surface area contributed by atoms with Gasteiger partial charge in [-0.1, -0.05) is 44.0 Å². The third-order valence-electron chi connectivity index (χ3n) is 3.33. The lowest BCUT2D eigenvalue weighted by Crippen LogP contribution is -2.48. The highest BCUT2D eigenvalue weighted by atomic mass is 35.5. The molecule has 2 amide bonds. The molecule has 0 spiro atoms. The third kappa shape index (κ3) is 4.11. The second-order valence-electron chi connectivity index (χ2n) is 4.83. The van der Waals surface area contributed by atoms with Crippen LogP contribution in [0.3, 0.4) is 0 Å².